The standard InChI is InChI=1S/C65H119N11O30/c1-34(2)51(63(103)72-39(14-10-22-69-65(66)106)61(101)70-36-17-15-35(29-77)16-18-36)74-50(91)20-19-49(90)68-21-7-4-12-38(71-60(100)37(67-3)11-5-8-23-75(25-41(82)52(92)56(96)45(86)30-78)26-42(83)53(93)57(97)46(87)31-79)62(102)73-40(64(104)105)13-6-9-24-76(27-43(84)54(94)58(98)47(88)32-80)28-44(85)55(95)59(99)48(89)33-81/h15-18,34,37-48,51-59,67,77-89,92-99H,4-14,19-33H2,1-3H3,(H,68,90)(H,70,101)(H,71,100)(H,72,103)(H,73,102)(H,74,91)(H,104,105)(H3,66,69,106)/t37-,38-,39-,40-,41-,42-,43-,44-,45+,46+,47+,48+,51-,52+,53+,54+,55+,56+,57+,58+,59+/m0/s1. The van der Waals surface area contributed by atoms with Crippen LogP contribution in [0.1, 0.15) is 103 Å². The van der Waals surface area contributed by atoms with Crippen LogP contribution >= 0.6 is 0 Å². The second-order valence-electron chi connectivity index (χ2n) is 26.5. The van der Waals surface area contributed by atoms with Gasteiger partial charge in [-0.15, -0.1) is 0 Å². The number of aliphatic carboxylic acids is 1. The summed E-state index contributed by atoms with van der Waals surface area (Å²) in [5.74, 6) is -6.57. The van der Waals surface area contributed by atoms with Crippen molar-refractivity contribution in [2.75, 3.05) is 91.2 Å². The summed E-state index contributed by atoms with van der Waals surface area (Å²) in [7, 11) is 1.40. The first kappa shape index (κ1) is 97.8. The largest absolute Gasteiger partial charge is 0.480 e. The van der Waals surface area contributed by atoms with Crippen LogP contribution in [-0.4, -0.2) is 383 Å². The third-order valence-corrected chi connectivity index (χ3v) is 17.5. The summed E-state index contributed by atoms with van der Waals surface area (Å²) in [6, 6.07) is -1.19. The zero-order chi connectivity index (χ0) is 80.5. The number of carbonyl (C=O) groups is 8. The first-order chi connectivity index (χ1) is 49.9. The van der Waals surface area contributed by atoms with E-state index in [1.807, 2.05) is 0 Å². The molecule has 0 saturated carbocycles. The van der Waals surface area contributed by atoms with Crippen LogP contribution in [0.2, 0.25) is 0 Å². The second kappa shape index (κ2) is 52.8. The van der Waals surface area contributed by atoms with E-state index in [0.717, 1.165) is 0 Å². The number of hydrogen-bond donors (Lipinski definition) is 31. The van der Waals surface area contributed by atoms with Gasteiger partial charge in [-0.2, -0.15) is 0 Å². The lowest BCUT2D eigenvalue weighted by atomic mass is 10.0. The Balaban J connectivity index is 3.42. The number of anilines is 1. The van der Waals surface area contributed by atoms with Crippen molar-refractivity contribution in [3.05, 3.63) is 29.8 Å². The monoisotopic (exact) mass is 1530 g/mol. The molecular weight excluding hydrogens is 1410 g/mol. The number of urea groups is 1. The Bertz CT molecular complexity index is 2630. The Morgan fingerprint density at radius 1 is 0.406 bits per heavy atom. The molecule has 41 nitrogen and oxygen atoms in total. The molecule has 21 atom stereocenters. The van der Waals surface area contributed by atoms with Crippen molar-refractivity contribution in [3.8, 4) is 0 Å². The fraction of sp³-hybridized carbons (Fsp3) is 0.785. The summed E-state index contributed by atoms with van der Waals surface area (Å²) in [5, 5.41) is 243. The molecular formula is C65H119N11O30. The minimum Gasteiger partial charge on any atom is -0.480 e. The lowest BCUT2D eigenvalue weighted by molar-refractivity contribution is -0.142. The van der Waals surface area contributed by atoms with Gasteiger partial charge >= 0.3 is 12.0 Å². The Morgan fingerprint density at radius 2 is 0.755 bits per heavy atom. The van der Waals surface area contributed by atoms with Gasteiger partial charge in [-0.05, 0) is 108 Å². The summed E-state index contributed by atoms with van der Waals surface area (Å²) < 4.78 is 0. The van der Waals surface area contributed by atoms with Gasteiger partial charge in [-0.3, -0.25) is 38.6 Å². The maximum Gasteiger partial charge on any atom is 0.326 e. The molecule has 0 fully saturated rings. The van der Waals surface area contributed by atoms with E-state index in [2.05, 4.69) is 42.5 Å². The van der Waals surface area contributed by atoms with E-state index in [4.69, 9.17) is 5.73 Å². The molecule has 1 aromatic carbocycles. The predicted molar refractivity (Wildman–Crippen MR) is 372 cm³/mol. The summed E-state index contributed by atoms with van der Waals surface area (Å²) >= 11 is 0. The van der Waals surface area contributed by atoms with Crippen molar-refractivity contribution in [3.63, 3.8) is 0 Å². The van der Waals surface area contributed by atoms with E-state index < -0.39 is 240 Å². The number of nitrogens with two attached hydrogens (primary N) is 1. The van der Waals surface area contributed by atoms with Crippen LogP contribution < -0.4 is 48.3 Å². The van der Waals surface area contributed by atoms with Gasteiger partial charge < -0.3 is 161 Å². The molecule has 41 heteroatoms. The Kier molecular flexibility index (Phi) is 48.7. The first-order valence-electron chi connectivity index (χ1n) is 35.1. The fourth-order valence-corrected chi connectivity index (χ4v) is 10.9. The minimum atomic E-state index is -2.10. The normalized spacial score (nSPS) is 17.9. The molecule has 0 radical (unpaired) electrons. The maximum atomic E-state index is 14.2. The molecule has 614 valence electrons. The number of benzene rings is 1. The van der Waals surface area contributed by atoms with Crippen LogP contribution in [0.25, 0.3) is 0 Å². The van der Waals surface area contributed by atoms with Gasteiger partial charge in [-0.25, -0.2) is 9.59 Å². The number of hydrogen-bond acceptors (Lipinski definition) is 32. The number of nitrogens with zero attached hydrogens (tertiary/aromatic N) is 2. The molecule has 0 aromatic heterocycles. The zero-order valence-electron chi connectivity index (χ0n) is 60.0. The number of primary amides is 1. The lowest BCUT2D eigenvalue weighted by Crippen LogP contribution is -2.55. The lowest BCUT2D eigenvalue weighted by Gasteiger charge is -2.33. The number of carboxylic acid groups (broad SMARTS) is 1. The molecule has 0 aliphatic rings. The number of likely N-dealkylation sites (N-methyl/N-ethyl adjacent to an activating group) is 1. The average molecular weight is 1530 g/mol. The summed E-state index contributed by atoms with van der Waals surface area (Å²) in [5.41, 5.74) is 6.10. The van der Waals surface area contributed by atoms with E-state index >= 15 is 0 Å². The van der Waals surface area contributed by atoms with E-state index in [-0.39, 0.29) is 110 Å². The number of amides is 8. The number of carbonyl (C=O) groups excluding carboxylic acids is 7. The van der Waals surface area contributed by atoms with Gasteiger partial charge in [0.1, 0.15) is 97.4 Å². The molecule has 0 saturated heterocycles. The van der Waals surface area contributed by atoms with Crippen molar-refractivity contribution in [2.24, 2.45) is 11.7 Å². The topological polar surface area (TPSA) is 710 Å². The van der Waals surface area contributed by atoms with Crippen molar-refractivity contribution in [2.45, 2.75) is 232 Å². The van der Waals surface area contributed by atoms with Gasteiger partial charge in [0.25, 0.3) is 0 Å². The number of aliphatic hydroxyl groups excluding tert-OH is 21. The van der Waals surface area contributed by atoms with E-state index in [9.17, 15) is 151 Å². The van der Waals surface area contributed by atoms with Crippen molar-refractivity contribution in [1.29, 1.82) is 0 Å². The molecule has 0 bridgehead atoms. The van der Waals surface area contributed by atoms with Gasteiger partial charge in [0.05, 0.1) is 63.5 Å². The highest BCUT2D eigenvalue weighted by molar-refractivity contribution is 5.98. The summed E-state index contributed by atoms with van der Waals surface area (Å²) in [4.78, 5) is 108. The van der Waals surface area contributed by atoms with Gasteiger partial charge in [0.2, 0.25) is 35.4 Å². The van der Waals surface area contributed by atoms with Crippen LogP contribution in [0.4, 0.5) is 10.5 Å². The smallest absolute Gasteiger partial charge is 0.326 e. The SMILES string of the molecule is CN[C@@H](CCCCN(C[C@H](O)[C@@H](O)[C@H](O)[C@H](O)CO)C[C@H](O)[C@@H](O)[C@H](O)[C@H](O)CO)C(=O)N[C@@H](CCCCNC(=O)CCC(=O)N[C@H](C(=O)N[C@@H](CCCNC(N)=O)C(=O)Nc1ccc(CO)cc1)C(C)C)C(=O)N[C@@H](CCCCN(C[C@H](O)[C@@H](O)[C@H](O)[C@H](O)CO)C[C@H](O)[C@@H](O)[C@H](O)[C@H](O)CO)C(=O)O. The molecule has 0 aliphatic carbocycles. The van der Waals surface area contributed by atoms with Crippen LogP contribution in [-0.2, 0) is 40.2 Å². The summed E-state index contributed by atoms with van der Waals surface area (Å²) in [6.45, 7) is -3.75. The number of aliphatic hydroxyl groups is 21. The van der Waals surface area contributed by atoms with E-state index in [1.165, 1.54) is 16.8 Å². The number of nitrogens with one attached hydrogen (secondary N) is 8. The Labute approximate surface area is 613 Å². The van der Waals surface area contributed by atoms with Crippen molar-refractivity contribution < 1.29 is 151 Å². The molecule has 1 rings (SSSR count). The highest BCUT2D eigenvalue weighted by atomic mass is 16.4. The fourth-order valence-electron chi connectivity index (χ4n) is 10.9. The molecule has 0 spiro atoms. The van der Waals surface area contributed by atoms with Crippen LogP contribution in [0, 0.1) is 5.92 Å². The molecule has 1 aromatic rings. The molecule has 106 heavy (non-hydrogen) atoms. The Morgan fingerprint density at radius 3 is 1.15 bits per heavy atom. The average Bonchev–Trinajstić information content (AvgIpc) is 0.878. The highest BCUT2D eigenvalue weighted by Crippen LogP contribution is 2.18. The van der Waals surface area contributed by atoms with Gasteiger partial charge in [0.15, 0.2) is 0 Å². The van der Waals surface area contributed by atoms with E-state index in [1.54, 1.807) is 38.1 Å². The maximum absolute atomic E-state index is 14.2. The van der Waals surface area contributed by atoms with Gasteiger partial charge in [-0.1, -0.05) is 32.4 Å². The molecule has 32 N–H and O–H groups in total. The molecule has 0 aliphatic heterocycles. The second-order valence-corrected chi connectivity index (χ2v) is 26.5. The number of carboxylic acids is 1. The first-order valence-corrected chi connectivity index (χ1v) is 35.1. The molecule has 8 amide bonds. The molecule has 0 unspecified atom stereocenters. The highest BCUT2D eigenvalue weighted by Gasteiger charge is 2.38. The van der Waals surface area contributed by atoms with E-state index in [0.29, 0.717) is 11.3 Å². The van der Waals surface area contributed by atoms with Crippen LogP contribution in [0.5, 0.6) is 0 Å². The molecule has 0 heterocycles. The third-order valence-electron chi connectivity index (χ3n) is 17.5. The number of rotatable bonds is 59. The van der Waals surface area contributed by atoms with Crippen LogP contribution in [0.3, 0.4) is 0 Å². The predicted octanol–water partition coefficient (Wildman–Crippen LogP) is -12.4. The third kappa shape index (κ3) is 36.8. The van der Waals surface area contributed by atoms with Crippen molar-refractivity contribution >= 4 is 53.1 Å². The Hall–Kier alpha value is -6.18. The number of unbranched alkanes of at least 4 members (excludes halogenated alkanes) is 3. The van der Waals surface area contributed by atoms with Crippen molar-refractivity contribution in [1.82, 2.24) is 47.0 Å². The summed E-state index contributed by atoms with van der Waals surface area (Å²) in [6.07, 6.45) is -32.5. The van der Waals surface area contributed by atoms with Crippen LogP contribution in [0.15, 0.2) is 24.3 Å². The minimum absolute atomic E-state index is 0.0161. The zero-order valence-corrected chi connectivity index (χ0v) is 60.0. The quantitative estimate of drug-likeness (QED) is 0.0269. The van der Waals surface area contributed by atoms with Gasteiger partial charge in [0, 0.05) is 57.8 Å².